The number of carbonyl (C=O) groups is 1. The lowest BCUT2D eigenvalue weighted by molar-refractivity contribution is 0.0329. The summed E-state index contributed by atoms with van der Waals surface area (Å²) in [5, 5.41) is 3.81. The molecule has 0 spiro atoms. The van der Waals surface area contributed by atoms with Gasteiger partial charge in [-0.25, -0.2) is 4.98 Å². The Kier molecular flexibility index (Phi) is 3.80. The minimum atomic E-state index is -0.0132. The predicted octanol–water partition coefficient (Wildman–Crippen LogP) is 1.55. The van der Waals surface area contributed by atoms with E-state index < -0.39 is 0 Å². The van der Waals surface area contributed by atoms with Gasteiger partial charge in [0.1, 0.15) is 5.69 Å². The van der Waals surface area contributed by atoms with Crippen LogP contribution >= 0.6 is 0 Å². The lowest BCUT2D eigenvalue weighted by atomic mass is 10.0. The van der Waals surface area contributed by atoms with Gasteiger partial charge in [0.05, 0.1) is 18.6 Å². The molecule has 2 saturated heterocycles. The second-order valence-electron chi connectivity index (χ2n) is 6.61. The number of amides is 1. The van der Waals surface area contributed by atoms with Crippen molar-refractivity contribution in [1.82, 2.24) is 20.0 Å². The molecule has 3 atom stereocenters. The van der Waals surface area contributed by atoms with Gasteiger partial charge in [-0.15, -0.1) is 0 Å². The van der Waals surface area contributed by atoms with E-state index in [9.17, 15) is 4.79 Å². The molecule has 4 rings (SSSR count). The molecule has 7 heteroatoms. The van der Waals surface area contributed by atoms with Crippen LogP contribution in [0.15, 0.2) is 22.7 Å². The van der Waals surface area contributed by atoms with Crippen molar-refractivity contribution in [3.05, 3.63) is 41.3 Å². The first kappa shape index (κ1) is 15.3. The normalized spacial score (nSPS) is 25.9. The second kappa shape index (κ2) is 5.98. The molecule has 2 aliphatic heterocycles. The number of aryl methyl sites for hydroxylation is 2. The topological polar surface area (TPSA) is 81.4 Å². The fourth-order valence-electron chi connectivity index (χ4n) is 3.60. The highest BCUT2D eigenvalue weighted by Gasteiger charge is 2.44. The Balaban J connectivity index is 1.36. The fraction of sp³-hybridized carbons (Fsp3) is 0.529. The average molecular weight is 328 g/mol. The van der Waals surface area contributed by atoms with Crippen molar-refractivity contribution in [3.8, 4) is 0 Å². The van der Waals surface area contributed by atoms with E-state index in [1.807, 2.05) is 24.0 Å². The molecule has 0 radical (unpaired) electrons. The summed E-state index contributed by atoms with van der Waals surface area (Å²) in [6.45, 7) is 5.04. The van der Waals surface area contributed by atoms with Crippen molar-refractivity contribution in [3.63, 3.8) is 0 Å². The SMILES string of the molecule is Cc1cccc(C(=O)N2C[C@@H]3C[C@H](Cc4nc(C)no4)O[C@@H]3C2)n1. The van der Waals surface area contributed by atoms with Crippen LogP contribution in [-0.2, 0) is 11.2 Å². The molecule has 2 aliphatic rings. The van der Waals surface area contributed by atoms with E-state index in [0.29, 0.717) is 36.3 Å². The number of hydrogen-bond donors (Lipinski definition) is 0. The summed E-state index contributed by atoms with van der Waals surface area (Å²) in [6, 6.07) is 5.53. The maximum atomic E-state index is 12.6. The number of aromatic nitrogens is 3. The zero-order valence-electron chi connectivity index (χ0n) is 13.8. The van der Waals surface area contributed by atoms with E-state index in [1.165, 1.54) is 0 Å². The molecular formula is C17H20N4O3. The number of hydrogen-bond acceptors (Lipinski definition) is 6. The average Bonchev–Trinajstić information content (AvgIpc) is 3.21. The van der Waals surface area contributed by atoms with Crippen molar-refractivity contribution in [2.75, 3.05) is 13.1 Å². The van der Waals surface area contributed by atoms with Crippen LogP contribution in [0.3, 0.4) is 0 Å². The van der Waals surface area contributed by atoms with Gasteiger partial charge < -0.3 is 14.2 Å². The molecule has 0 aliphatic carbocycles. The van der Waals surface area contributed by atoms with Gasteiger partial charge in [-0.3, -0.25) is 4.79 Å². The standard InChI is InChI=1S/C17H20N4O3/c1-10-4-3-5-14(18-10)17(22)21-8-12-6-13(23-15(12)9-21)7-16-19-11(2)20-24-16/h3-5,12-13,15H,6-9H2,1-2H3/t12-,13+,15+/m0/s1. The van der Waals surface area contributed by atoms with Crippen LogP contribution in [-0.4, -0.2) is 51.2 Å². The quantitative estimate of drug-likeness (QED) is 0.850. The van der Waals surface area contributed by atoms with Crippen molar-refractivity contribution in [1.29, 1.82) is 0 Å². The van der Waals surface area contributed by atoms with Crippen LogP contribution in [0.2, 0.25) is 0 Å². The van der Waals surface area contributed by atoms with Crippen LogP contribution in [0.5, 0.6) is 0 Å². The zero-order valence-corrected chi connectivity index (χ0v) is 13.8. The Hall–Kier alpha value is -2.28. The summed E-state index contributed by atoms with van der Waals surface area (Å²) in [6.07, 6.45) is 1.74. The molecule has 2 fully saturated rings. The van der Waals surface area contributed by atoms with Crippen LogP contribution in [0.25, 0.3) is 0 Å². The maximum absolute atomic E-state index is 12.6. The Morgan fingerprint density at radius 3 is 2.88 bits per heavy atom. The highest BCUT2D eigenvalue weighted by atomic mass is 16.5. The molecule has 0 unspecified atom stereocenters. The van der Waals surface area contributed by atoms with E-state index in [4.69, 9.17) is 9.26 Å². The maximum Gasteiger partial charge on any atom is 0.272 e. The molecule has 0 saturated carbocycles. The Labute approximate surface area is 140 Å². The smallest absolute Gasteiger partial charge is 0.272 e. The lowest BCUT2D eigenvalue weighted by Gasteiger charge is -2.18. The van der Waals surface area contributed by atoms with Crippen molar-refractivity contribution in [2.45, 2.75) is 38.9 Å². The van der Waals surface area contributed by atoms with Gasteiger partial charge >= 0.3 is 0 Å². The number of pyridine rings is 1. The first-order valence-electron chi connectivity index (χ1n) is 8.26. The summed E-state index contributed by atoms with van der Waals surface area (Å²) in [5.74, 6) is 1.62. The number of carbonyl (C=O) groups excluding carboxylic acids is 1. The first-order valence-corrected chi connectivity index (χ1v) is 8.26. The van der Waals surface area contributed by atoms with E-state index >= 15 is 0 Å². The number of rotatable bonds is 3. The first-order chi connectivity index (χ1) is 11.6. The van der Waals surface area contributed by atoms with Crippen molar-refractivity contribution < 1.29 is 14.1 Å². The van der Waals surface area contributed by atoms with Gasteiger partial charge in [0.15, 0.2) is 5.82 Å². The van der Waals surface area contributed by atoms with Crippen LogP contribution in [0.1, 0.15) is 34.3 Å². The minimum absolute atomic E-state index is 0.0132. The van der Waals surface area contributed by atoms with Gasteiger partial charge in [0.25, 0.3) is 5.91 Å². The van der Waals surface area contributed by atoms with Crippen molar-refractivity contribution >= 4 is 5.91 Å². The highest BCUT2D eigenvalue weighted by molar-refractivity contribution is 5.92. The van der Waals surface area contributed by atoms with E-state index in [-0.39, 0.29) is 18.1 Å². The van der Waals surface area contributed by atoms with Gasteiger partial charge in [-0.2, -0.15) is 4.98 Å². The van der Waals surface area contributed by atoms with Gasteiger partial charge in [0.2, 0.25) is 5.89 Å². The molecule has 24 heavy (non-hydrogen) atoms. The van der Waals surface area contributed by atoms with E-state index in [0.717, 1.165) is 18.7 Å². The minimum Gasteiger partial charge on any atom is -0.372 e. The molecule has 7 nitrogen and oxygen atoms in total. The molecule has 0 aromatic carbocycles. The third kappa shape index (κ3) is 2.91. The number of ether oxygens (including phenoxy) is 1. The Morgan fingerprint density at radius 2 is 2.17 bits per heavy atom. The largest absolute Gasteiger partial charge is 0.372 e. The fourth-order valence-corrected chi connectivity index (χ4v) is 3.60. The summed E-state index contributed by atoms with van der Waals surface area (Å²) in [5.41, 5.74) is 1.36. The van der Waals surface area contributed by atoms with E-state index in [2.05, 4.69) is 15.1 Å². The third-order valence-corrected chi connectivity index (χ3v) is 4.68. The predicted molar refractivity (Wildman–Crippen MR) is 84.4 cm³/mol. The Bertz CT molecular complexity index is 746. The molecule has 2 aromatic heterocycles. The number of fused-ring (bicyclic) bond motifs is 1. The van der Waals surface area contributed by atoms with Gasteiger partial charge in [0, 0.05) is 24.7 Å². The molecule has 0 bridgehead atoms. The van der Waals surface area contributed by atoms with E-state index in [1.54, 1.807) is 13.0 Å². The molecule has 2 aromatic rings. The van der Waals surface area contributed by atoms with Crippen molar-refractivity contribution in [2.24, 2.45) is 5.92 Å². The monoisotopic (exact) mass is 328 g/mol. The Morgan fingerprint density at radius 1 is 1.29 bits per heavy atom. The molecular weight excluding hydrogens is 308 g/mol. The van der Waals surface area contributed by atoms with Crippen LogP contribution in [0.4, 0.5) is 0 Å². The third-order valence-electron chi connectivity index (χ3n) is 4.68. The zero-order chi connectivity index (χ0) is 16.7. The van der Waals surface area contributed by atoms with Gasteiger partial charge in [-0.1, -0.05) is 11.2 Å². The molecule has 126 valence electrons. The molecule has 0 N–H and O–H groups in total. The second-order valence-corrected chi connectivity index (χ2v) is 6.61. The lowest BCUT2D eigenvalue weighted by Crippen LogP contribution is -2.32. The molecule has 1 amide bonds. The summed E-state index contributed by atoms with van der Waals surface area (Å²) in [7, 11) is 0. The van der Waals surface area contributed by atoms with Crippen LogP contribution in [0, 0.1) is 19.8 Å². The highest BCUT2D eigenvalue weighted by Crippen LogP contribution is 2.34. The van der Waals surface area contributed by atoms with Crippen LogP contribution < -0.4 is 0 Å². The summed E-state index contributed by atoms with van der Waals surface area (Å²) < 4.78 is 11.3. The van der Waals surface area contributed by atoms with Gasteiger partial charge in [-0.05, 0) is 32.4 Å². The summed E-state index contributed by atoms with van der Waals surface area (Å²) in [4.78, 5) is 23.0. The molecule has 4 heterocycles. The number of likely N-dealkylation sites (tertiary alicyclic amines) is 1. The summed E-state index contributed by atoms with van der Waals surface area (Å²) >= 11 is 0. The number of nitrogens with zero attached hydrogens (tertiary/aromatic N) is 4.